The third-order valence-electron chi connectivity index (χ3n) is 7.12. The van der Waals surface area contributed by atoms with Crippen LogP contribution in [0.2, 0.25) is 0 Å². The lowest BCUT2D eigenvalue weighted by molar-refractivity contribution is -0.0908. The Balaban J connectivity index is 1.67. The van der Waals surface area contributed by atoms with Crippen molar-refractivity contribution in [3.05, 3.63) is 95.8 Å². The van der Waals surface area contributed by atoms with E-state index in [0.717, 1.165) is 42.9 Å². The molecule has 2 aliphatic heterocycles. The van der Waals surface area contributed by atoms with Crippen LogP contribution < -0.4 is 4.90 Å². The molecule has 3 heterocycles. The van der Waals surface area contributed by atoms with Crippen molar-refractivity contribution in [2.45, 2.75) is 31.4 Å². The van der Waals surface area contributed by atoms with E-state index in [9.17, 15) is 13.2 Å². The number of hydrogen-bond donors (Lipinski definition) is 2. The van der Waals surface area contributed by atoms with E-state index in [1.807, 2.05) is 23.7 Å². The Labute approximate surface area is 212 Å². The van der Waals surface area contributed by atoms with Crippen LogP contribution in [0, 0.1) is 16.7 Å². The molecule has 190 valence electrons. The van der Waals surface area contributed by atoms with Crippen LogP contribution in [0.4, 0.5) is 18.9 Å². The Bertz CT molecular complexity index is 1390. The molecule has 1 atom stereocenters. The normalized spacial score (nSPS) is 18.8. The van der Waals surface area contributed by atoms with E-state index < -0.39 is 11.7 Å². The second-order valence-corrected chi connectivity index (χ2v) is 9.31. The maximum Gasteiger partial charge on any atom is 0.418 e. The molecule has 5 rings (SSSR count). The van der Waals surface area contributed by atoms with Gasteiger partial charge in [-0.25, -0.2) is 0 Å². The monoisotopic (exact) mass is 505 g/mol. The summed E-state index contributed by atoms with van der Waals surface area (Å²) < 4.78 is 43.1. The van der Waals surface area contributed by atoms with E-state index in [1.54, 1.807) is 23.5 Å². The second-order valence-electron chi connectivity index (χ2n) is 9.31. The van der Waals surface area contributed by atoms with Crippen LogP contribution in [-0.2, 0) is 7.05 Å². The van der Waals surface area contributed by atoms with E-state index >= 15 is 0 Å². The van der Waals surface area contributed by atoms with Gasteiger partial charge in [-0.3, -0.25) is 0 Å². The molecule has 1 aromatic carbocycles. The van der Waals surface area contributed by atoms with Crippen molar-refractivity contribution in [2.75, 3.05) is 4.90 Å². The third kappa shape index (κ3) is 4.32. The Morgan fingerprint density at radius 3 is 2.57 bits per heavy atom. The summed E-state index contributed by atoms with van der Waals surface area (Å²) in [7, 11) is 1.89. The lowest BCUT2D eigenvalue weighted by atomic mass is 9.72. The van der Waals surface area contributed by atoms with Crippen molar-refractivity contribution in [2.24, 2.45) is 13.0 Å². The van der Waals surface area contributed by atoms with Gasteiger partial charge in [-0.15, -0.1) is 10.2 Å². The zero-order valence-electron chi connectivity index (χ0n) is 20.2. The molecule has 1 saturated carbocycles. The maximum absolute atomic E-state index is 13.7. The smallest absolute Gasteiger partial charge is 0.320 e. The summed E-state index contributed by atoms with van der Waals surface area (Å²) in [5, 5.41) is 23.9. The summed E-state index contributed by atoms with van der Waals surface area (Å²) in [6, 6.07) is 5.73. The summed E-state index contributed by atoms with van der Waals surface area (Å²) in [6.45, 7) is 4.08. The van der Waals surface area contributed by atoms with Crippen molar-refractivity contribution in [1.82, 2.24) is 19.7 Å². The molecule has 1 unspecified atom stereocenters. The molecule has 2 aromatic rings. The zero-order chi connectivity index (χ0) is 26.3. The van der Waals surface area contributed by atoms with Crippen molar-refractivity contribution in [3.63, 3.8) is 0 Å². The summed E-state index contributed by atoms with van der Waals surface area (Å²) in [4.78, 5) is 3.06. The largest absolute Gasteiger partial charge is 0.418 e. The van der Waals surface area contributed by atoms with E-state index in [-0.39, 0.29) is 11.6 Å². The highest BCUT2D eigenvalue weighted by atomic mass is 19.4. The molecule has 1 aromatic heterocycles. The summed E-state index contributed by atoms with van der Waals surface area (Å²) in [6.07, 6.45) is 9.54. The van der Waals surface area contributed by atoms with Crippen LogP contribution >= 0.6 is 0 Å². The lowest BCUT2D eigenvalue weighted by Gasteiger charge is -2.34. The fourth-order valence-electron chi connectivity index (χ4n) is 5.07. The highest BCUT2D eigenvalue weighted by Crippen LogP contribution is 2.46. The van der Waals surface area contributed by atoms with E-state index in [4.69, 9.17) is 10.8 Å². The van der Waals surface area contributed by atoms with E-state index in [2.05, 4.69) is 16.8 Å². The van der Waals surface area contributed by atoms with Gasteiger partial charge in [-0.2, -0.15) is 13.2 Å². The van der Waals surface area contributed by atoms with Crippen molar-refractivity contribution in [1.29, 1.82) is 10.8 Å². The van der Waals surface area contributed by atoms with E-state index in [0.29, 0.717) is 28.6 Å². The minimum Gasteiger partial charge on any atom is -0.320 e. The van der Waals surface area contributed by atoms with Crippen LogP contribution in [0.1, 0.15) is 42.1 Å². The van der Waals surface area contributed by atoms with Gasteiger partial charge in [0, 0.05) is 49.1 Å². The quantitative estimate of drug-likeness (QED) is 0.460. The number of fused-ring (bicyclic) bond motifs is 1. The number of allylic oxidation sites excluding steroid dienone is 5. The zero-order valence-corrected chi connectivity index (χ0v) is 20.2. The number of halogens is 3. The van der Waals surface area contributed by atoms with Gasteiger partial charge in [0.1, 0.15) is 18.0 Å². The number of anilines is 1. The molecule has 1 fully saturated rings. The molecule has 37 heavy (non-hydrogen) atoms. The summed E-state index contributed by atoms with van der Waals surface area (Å²) >= 11 is 0. The molecular weight excluding hydrogens is 479 g/mol. The fourth-order valence-corrected chi connectivity index (χ4v) is 5.07. The van der Waals surface area contributed by atoms with Crippen molar-refractivity contribution in [3.8, 4) is 0 Å². The molecular formula is C27H26F3N7. The van der Waals surface area contributed by atoms with Gasteiger partial charge in [0.15, 0.2) is 0 Å². The molecule has 0 saturated heterocycles. The van der Waals surface area contributed by atoms with Crippen LogP contribution in [0.5, 0.6) is 0 Å². The number of aromatic nitrogens is 3. The van der Waals surface area contributed by atoms with Gasteiger partial charge < -0.3 is 25.2 Å². The molecule has 0 bridgehead atoms. The standard InChI is InChI=1S/C27H26F3N7/c1-17-36-10-4-7-23(27(28,29)30)24(36)15-37(17)22-12-20(19(14-32)8-9-31)11-21(13-22)25(18-5-3-6-18)26-34-33-16-35(26)2/h4,7-16,18,25,31-32H,1,3,5-6H2,2H3/b19-8+,31-9?,32-14?. The number of nitrogens with zero attached hydrogens (tertiary/aromatic N) is 5. The Morgan fingerprint density at radius 1 is 1.19 bits per heavy atom. The number of rotatable bonds is 7. The second kappa shape index (κ2) is 9.34. The number of nitrogens with one attached hydrogen (secondary N) is 2. The Morgan fingerprint density at radius 2 is 1.97 bits per heavy atom. The third-order valence-corrected chi connectivity index (χ3v) is 7.12. The van der Waals surface area contributed by atoms with Gasteiger partial charge in [0.2, 0.25) is 0 Å². The first-order chi connectivity index (χ1) is 17.7. The highest BCUT2D eigenvalue weighted by molar-refractivity contribution is 6.12. The van der Waals surface area contributed by atoms with Crippen LogP contribution in [0.15, 0.2) is 78.8 Å². The first kappa shape index (κ1) is 24.5. The SMILES string of the molecule is C=C1N2C=CC=C(C(F)(F)F)C2=CN1c1cc(/C(C=N)=C/C=N)cc(C(c2nncn2C)C2CCC2)c1. The minimum atomic E-state index is -4.52. The van der Waals surface area contributed by atoms with Crippen molar-refractivity contribution >= 4 is 23.7 Å². The molecule has 0 spiro atoms. The van der Waals surface area contributed by atoms with Crippen LogP contribution in [0.25, 0.3) is 5.57 Å². The first-order valence-electron chi connectivity index (χ1n) is 11.9. The average Bonchev–Trinajstić information content (AvgIpc) is 3.41. The van der Waals surface area contributed by atoms with Crippen LogP contribution in [-0.4, -0.2) is 38.3 Å². The molecule has 1 aliphatic carbocycles. The van der Waals surface area contributed by atoms with Gasteiger partial charge in [0.25, 0.3) is 0 Å². The molecule has 3 aliphatic rings. The molecule has 7 nitrogen and oxygen atoms in total. The topological polar surface area (TPSA) is 84.9 Å². The predicted molar refractivity (Wildman–Crippen MR) is 137 cm³/mol. The first-order valence-corrected chi connectivity index (χ1v) is 11.9. The van der Waals surface area contributed by atoms with Gasteiger partial charge in [-0.05, 0) is 60.2 Å². The summed E-state index contributed by atoms with van der Waals surface area (Å²) in [5.41, 5.74) is 1.97. The Kier molecular flexibility index (Phi) is 6.18. The average molecular weight is 506 g/mol. The molecule has 2 N–H and O–H groups in total. The maximum atomic E-state index is 13.7. The van der Waals surface area contributed by atoms with Gasteiger partial charge in [0.05, 0.1) is 11.3 Å². The number of aryl methyl sites for hydroxylation is 1. The predicted octanol–water partition coefficient (Wildman–Crippen LogP) is 5.88. The van der Waals surface area contributed by atoms with E-state index in [1.165, 1.54) is 29.5 Å². The minimum absolute atomic E-state index is 0.00175. The molecule has 0 radical (unpaired) electrons. The number of hydrogen-bond acceptors (Lipinski definition) is 6. The number of alkyl halides is 3. The van der Waals surface area contributed by atoms with Crippen molar-refractivity contribution < 1.29 is 13.2 Å². The van der Waals surface area contributed by atoms with Gasteiger partial charge >= 0.3 is 6.18 Å². The van der Waals surface area contributed by atoms with Gasteiger partial charge in [-0.1, -0.05) is 19.1 Å². The Hall–Kier alpha value is -4.21. The molecule has 0 amide bonds. The highest BCUT2D eigenvalue weighted by Gasteiger charge is 2.42. The number of benzene rings is 1. The van der Waals surface area contributed by atoms with Crippen LogP contribution in [0.3, 0.4) is 0 Å². The molecule has 10 heteroatoms. The lowest BCUT2D eigenvalue weighted by Crippen LogP contribution is -2.25. The summed E-state index contributed by atoms with van der Waals surface area (Å²) in [5.74, 6) is 1.43. The fraction of sp³-hybridized carbons (Fsp3) is 0.259.